The molecule has 0 spiro atoms. The molecule has 38 heavy (non-hydrogen) atoms. The molecule has 0 heterocycles. The van der Waals surface area contributed by atoms with Crippen molar-refractivity contribution < 1.29 is 70.8 Å². The van der Waals surface area contributed by atoms with Crippen LogP contribution in [0, 0.1) is 24.3 Å². The van der Waals surface area contributed by atoms with E-state index in [0.29, 0.717) is 0 Å². The average Bonchev–Trinajstić information content (AvgIpc) is 3.49. The SMILES string of the molecule is CC1=[C-]CC(C)=C1.CC1=[C-]CC(C)=C1.CC1=[C-]CC(C)=C1.CC1=[C-]CC(C)=C1.C[Si](C)=[Hf+2].C[Si](C)=[Hf+2].[Cl-].[Cl-]. The van der Waals surface area contributed by atoms with Gasteiger partial charge in [-0.3, -0.25) is 24.3 Å². The van der Waals surface area contributed by atoms with Gasteiger partial charge in [0, 0.05) is 0 Å². The van der Waals surface area contributed by atoms with Crippen LogP contribution >= 0.6 is 0 Å². The molecule has 4 aliphatic carbocycles. The topological polar surface area (TPSA) is 0 Å². The summed E-state index contributed by atoms with van der Waals surface area (Å²) in [6, 6.07) is 0. The zero-order valence-corrected chi connectivity index (χ0v) is 36.6. The molecule has 4 rings (SSSR count). The van der Waals surface area contributed by atoms with Crippen LogP contribution < -0.4 is 24.8 Å². The molecule has 0 amide bonds. The summed E-state index contributed by atoms with van der Waals surface area (Å²) in [5, 5.41) is 0. The summed E-state index contributed by atoms with van der Waals surface area (Å²) >= 11 is 2.90. The van der Waals surface area contributed by atoms with Gasteiger partial charge in [0.2, 0.25) is 0 Å². The van der Waals surface area contributed by atoms with Crippen molar-refractivity contribution in [1.82, 2.24) is 0 Å². The van der Waals surface area contributed by atoms with Crippen molar-refractivity contribution in [2.45, 2.75) is 107 Å². The predicted octanol–water partition coefficient (Wildman–Crippen LogP) is 3.92. The molecule has 0 atom stereocenters. The van der Waals surface area contributed by atoms with E-state index < -0.39 is 0 Å². The Hall–Kier alpha value is 0.674. The van der Waals surface area contributed by atoms with E-state index in [-0.39, 0.29) is 35.8 Å². The maximum atomic E-state index is 3.19. The second-order valence-corrected chi connectivity index (χ2v) is 35.7. The monoisotopic (exact) mass is 918 g/mol. The average molecular weight is 917 g/mol. The number of hydrogen-bond acceptors (Lipinski definition) is 0. The fourth-order valence-electron chi connectivity index (χ4n) is 3.00. The van der Waals surface area contributed by atoms with E-state index >= 15 is 0 Å². The van der Waals surface area contributed by atoms with Crippen molar-refractivity contribution in [3.05, 3.63) is 93.2 Å². The van der Waals surface area contributed by atoms with Gasteiger partial charge in [0.25, 0.3) is 0 Å². The van der Waals surface area contributed by atoms with Crippen molar-refractivity contribution >= 4 is 11.0 Å². The molecule has 0 saturated carbocycles. The van der Waals surface area contributed by atoms with Crippen LogP contribution in [-0.2, 0) is 46.0 Å². The molecular formula is C32H48Cl2Hf2Si2-2. The fraction of sp³-hybridized carbons (Fsp3) is 0.500. The van der Waals surface area contributed by atoms with Crippen LogP contribution in [0.25, 0.3) is 0 Å². The summed E-state index contributed by atoms with van der Waals surface area (Å²) in [7, 11) is 0. The third-order valence-electron chi connectivity index (χ3n) is 4.44. The van der Waals surface area contributed by atoms with Gasteiger partial charge in [-0.2, -0.15) is 22.3 Å². The Bertz CT molecular complexity index is 833. The van der Waals surface area contributed by atoms with Gasteiger partial charge in [0.05, 0.1) is 0 Å². The Kier molecular flexibility index (Phi) is 33.4. The van der Waals surface area contributed by atoms with E-state index in [1.165, 1.54) is 90.6 Å². The van der Waals surface area contributed by atoms with Crippen LogP contribution in [0.15, 0.2) is 68.9 Å². The van der Waals surface area contributed by atoms with Crippen LogP contribution in [0.2, 0.25) is 26.2 Å². The summed E-state index contributed by atoms with van der Waals surface area (Å²) in [5.74, 6) is 0. The van der Waals surface area contributed by atoms with E-state index in [0.717, 1.165) is 25.7 Å². The van der Waals surface area contributed by atoms with E-state index in [1.54, 1.807) is 0 Å². The third-order valence-corrected chi connectivity index (χ3v) is 4.44. The maximum Gasteiger partial charge on any atom is -1.00 e. The minimum Gasteiger partial charge on any atom is -1.00 e. The van der Waals surface area contributed by atoms with Gasteiger partial charge in [-0.05, 0) is 0 Å². The second-order valence-electron chi connectivity index (χ2n) is 10.1. The quantitative estimate of drug-likeness (QED) is 0.256. The summed E-state index contributed by atoms with van der Waals surface area (Å²) in [6.45, 7) is 26.2. The molecule has 0 aromatic carbocycles. The Labute approximate surface area is 279 Å². The second kappa shape index (κ2) is 27.8. The van der Waals surface area contributed by atoms with Crippen molar-refractivity contribution in [3.63, 3.8) is 0 Å². The van der Waals surface area contributed by atoms with Crippen molar-refractivity contribution in [3.8, 4) is 0 Å². The molecule has 0 N–H and O–H groups in total. The zero-order valence-electron chi connectivity index (χ0n) is 25.9. The van der Waals surface area contributed by atoms with E-state index in [2.05, 4.69) is 130 Å². The standard InChI is InChI=1S/4C7H9.2C2H6Si.2ClH.2Hf/c4*1-6-3-4-7(2)5-6;2*1-3-2;;;;/h4*5H,3H2,1-2H3;2*1-2H3;2*1H;;/q4*-1;;;;;2*+2/p-2. The number of hydrogen-bond donors (Lipinski definition) is 0. The van der Waals surface area contributed by atoms with E-state index in [4.69, 9.17) is 0 Å². The molecule has 6 heteroatoms. The summed E-state index contributed by atoms with van der Waals surface area (Å²) < 4.78 is 0. The molecule has 0 bridgehead atoms. The molecule has 0 unspecified atom stereocenters. The molecule has 4 aliphatic rings. The largest absolute Gasteiger partial charge is 1.00 e. The Balaban J connectivity index is -0.000000184. The molecule has 0 aromatic rings. The summed E-state index contributed by atoms with van der Waals surface area (Å²) in [6.07, 6.45) is 25.6. The van der Waals surface area contributed by atoms with E-state index in [9.17, 15) is 0 Å². The molecule has 0 aliphatic heterocycles. The fourth-order valence-corrected chi connectivity index (χ4v) is 3.00. The molecule has 208 valence electrons. The minimum atomic E-state index is 0. The molecule has 0 radical (unpaired) electrons. The van der Waals surface area contributed by atoms with Crippen LogP contribution in [-0.4, -0.2) is 11.0 Å². The number of halogens is 2. The number of allylic oxidation sites excluding steroid dienone is 16. The van der Waals surface area contributed by atoms with Crippen molar-refractivity contribution in [2.75, 3.05) is 0 Å². The van der Waals surface area contributed by atoms with Crippen LogP contribution in [0.1, 0.15) is 81.1 Å². The third kappa shape index (κ3) is 34.7. The summed E-state index contributed by atoms with van der Waals surface area (Å²) in [4.78, 5) is 0. The van der Waals surface area contributed by atoms with Gasteiger partial charge < -0.3 is 24.8 Å². The maximum absolute atomic E-state index is 3.19. The van der Waals surface area contributed by atoms with Gasteiger partial charge >= 0.3 is 83.2 Å². The van der Waals surface area contributed by atoms with E-state index in [1.807, 2.05) is 0 Å². The van der Waals surface area contributed by atoms with Crippen molar-refractivity contribution in [1.29, 1.82) is 0 Å². The Morgan fingerprint density at radius 3 is 0.605 bits per heavy atom. The molecule has 0 nitrogen and oxygen atoms in total. The normalized spacial score (nSPS) is 15.6. The van der Waals surface area contributed by atoms with Crippen LogP contribution in [0.5, 0.6) is 0 Å². The zero-order chi connectivity index (χ0) is 28.3. The van der Waals surface area contributed by atoms with Gasteiger partial charge in [-0.1, -0.05) is 55.4 Å². The summed E-state index contributed by atoms with van der Waals surface area (Å²) in [5.41, 5.74) is 11.4. The first-order chi connectivity index (χ1) is 16.6. The Morgan fingerprint density at radius 1 is 0.447 bits per heavy atom. The number of rotatable bonds is 0. The smallest absolute Gasteiger partial charge is 1.00 e. The molecule has 0 saturated heterocycles. The van der Waals surface area contributed by atoms with Gasteiger partial charge in [0.1, 0.15) is 0 Å². The molecular weight excluding hydrogens is 868 g/mol. The van der Waals surface area contributed by atoms with Crippen molar-refractivity contribution in [2.24, 2.45) is 0 Å². The molecule has 0 aromatic heterocycles. The molecule has 0 fully saturated rings. The first-order valence-electron chi connectivity index (χ1n) is 12.6. The van der Waals surface area contributed by atoms with Crippen LogP contribution in [0.3, 0.4) is 0 Å². The van der Waals surface area contributed by atoms with Gasteiger partial charge in [0.15, 0.2) is 0 Å². The van der Waals surface area contributed by atoms with Crippen LogP contribution in [0.4, 0.5) is 0 Å². The van der Waals surface area contributed by atoms with Gasteiger partial charge in [-0.15, -0.1) is 25.7 Å². The van der Waals surface area contributed by atoms with Gasteiger partial charge in [-0.25, -0.2) is 46.6 Å². The Morgan fingerprint density at radius 2 is 0.579 bits per heavy atom. The predicted molar refractivity (Wildman–Crippen MR) is 158 cm³/mol. The first kappa shape index (κ1) is 45.7. The minimum absolute atomic E-state index is 0. The first-order valence-corrected chi connectivity index (χ1v) is 28.4.